The van der Waals surface area contributed by atoms with Gasteiger partial charge in [0.15, 0.2) is 6.29 Å². The Morgan fingerprint density at radius 1 is 1.47 bits per heavy atom. The molecule has 0 saturated heterocycles. The van der Waals surface area contributed by atoms with Crippen molar-refractivity contribution in [2.75, 3.05) is 0 Å². The molecule has 0 spiro atoms. The summed E-state index contributed by atoms with van der Waals surface area (Å²) in [5.74, 6) is 0. The average Bonchev–Trinajstić information content (AvgIpc) is 2.15. The van der Waals surface area contributed by atoms with Crippen LogP contribution in [0.25, 0.3) is 0 Å². The molecule has 15 heavy (non-hydrogen) atoms. The lowest BCUT2D eigenvalue weighted by molar-refractivity contribution is 0.112. The smallest absolute Gasteiger partial charge is 0.261 e. The van der Waals surface area contributed by atoms with Crippen LogP contribution >= 0.6 is 10.7 Å². The summed E-state index contributed by atoms with van der Waals surface area (Å²) >= 11 is 0. The lowest BCUT2D eigenvalue weighted by Gasteiger charge is -2.03. The lowest BCUT2D eigenvalue weighted by atomic mass is 10.0. The molecule has 1 aromatic carbocycles. The highest BCUT2D eigenvalue weighted by atomic mass is 35.7. The van der Waals surface area contributed by atoms with Gasteiger partial charge < -0.3 is 0 Å². The van der Waals surface area contributed by atoms with Crippen molar-refractivity contribution in [1.29, 1.82) is 5.26 Å². The summed E-state index contributed by atoms with van der Waals surface area (Å²) in [5, 5.41) is 8.72. The summed E-state index contributed by atoms with van der Waals surface area (Å²) in [6, 6.07) is 4.08. The van der Waals surface area contributed by atoms with Crippen LogP contribution in [-0.4, -0.2) is 14.7 Å². The van der Waals surface area contributed by atoms with Crippen LogP contribution in [-0.2, 0) is 9.05 Å². The SMILES string of the molecule is Cc1cc(S(=O)(=O)Cl)cc(C#N)c1C=O. The Kier molecular flexibility index (Phi) is 3.12. The Bertz CT molecular complexity index is 557. The second-order valence-corrected chi connectivity index (χ2v) is 5.43. The average molecular weight is 244 g/mol. The molecule has 0 bridgehead atoms. The van der Waals surface area contributed by atoms with Crippen molar-refractivity contribution in [3.63, 3.8) is 0 Å². The van der Waals surface area contributed by atoms with Crippen molar-refractivity contribution in [2.24, 2.45) is 0 Å². The zero-order valence-corrected chi connectivity index (χ0v) is 9.26. The number of hydrogen-bond donors (Lipinski definition) is 0. The Labute approximate surface area is 91.5 Å². The number of halogens is 1. The van der Waals surface area contributed by atoms with E-state index in [2.05, 4.69) is 0 Å². The third-order valence-corrected chi connectivity index (χ3v) is 3.21. The van der Waals surface area contributed by atoms with Gasteiger partial charge in [0.1, 0.15) is 0 Å². The van der Waals surface area contributed by atoms with Crippen molar-refractivity contribution in [1.82, 2.24) is 0 Å². The van der Waals surface area contributed by atoms with E-state index in [4.69, 9.17) is 15.9 Å². The number of carbonyl (C=O) groups excluding carboxylic acids is 1. The molecule has 0 aliphatic rings. The number of nitrogens with zero attached hydrogens (tertiary/aromatic N) is 1. The molecule has 0 aliphatic carbocycles. The molecule has 0 aromatic heterocycles. The van der Waals surface area contributed by atoms with Gasteiger partial charge in [-0.1, -0.05) is 0 Å². The predicted octanol–water partition coefficient (Wildman–Crippen LogP) is 1.61. The molecular formula is C9H6ClNO3S. The van der Waals surface area contributed by atoms with Gasteiger partial charge in [-0.25, -0.2) is 8.42 Å². The standard InChI is InChI=1S/C9H6ClNO3S/c1-6-2-8(15(10,13)14)3-7(4-11)9(6)5-12/h2-3,5H,1H3. The Hall–Kier alpha value is -1.38. The molecule has 1 rings (SSSR count). The molecule has 78 valence electrons. The van der Waals surface area contributed by atoms with Crippen LogP contribution in [0.4, 0.5) is 0 Å². The van der Waals surface area contributed by atoms with E-state index in [1.807, 2.05) is 0 Å². The summed E-state index contributed by atoms with van der Waals surface area (Å²) in [6.45, 7) is 1.54. The second-order valence-electron chi connectivity index (χ2n) is 2.87. The third kappa shape index (κ3) is 2.35. The first-order valence-electron chi connectivity index (χ1n) is 3.84. The molecule has 4 nitrogen and oxygen atoms in total. The van der Waals surface area contributed by atoms with Crippen LogP contribution in [0.15, 0.2) is 17.0 Å². The second kappa shape index (κ2) is 4.01. The number of hydrogen-bond acceptors (Lipinski definition) is 4. The van der Waals surface area contributed by atoms with Crippen LogP contribution in [0, 0.1) is 18.3 Å². The van der Waals surface area contributed by atoms with E-state index in [1.165, 1.54) is 13.0 Å². The summed E-state index contributed by atoms with van der Waals surface area (Å²) in [7, 11) is 1.25. The van der Waals surface area contributed by atoms with E-state index in [0.717, 1.165) is 6.07 Å². The normalized spacial score (nSPS) is 10.7. The minimum Gasteiger partial charge on any atom is -0.298 e. The summed E-state index contributed by atoms with van der Waals surface area (Å²) in [6.07, 6.45) is 0.512. The summed E-state index contributed by atoms with van der Waals surface area (Å²) in [4.78, 5) is 10.5. The molecule has 0 amide bonds. The first-order valence-corrected chi connectivity index (χ1v) is 6.15. The van der Waals surface area contributed by atoms with Gasteiger partial charge in [0.2, 0.25) is 0 Å². The van der Waals surface area contributed by atoms with Crippen LogP contribution in [0.3, 0.4) is 0 Å². The van der Waals surface area contributed by atoms with Gasteiger partial charge in [-0.2, -0.15) is 5.26 Å². The molecule has 0 heterocycles. The Morgan fingerprint density at radius 2 is 2.07 bits per heavy atom. The fraction of sp³-hybridized carbons (Fsp3) is 0.111. The van der Waals surface area contributed by atoms with E-state index in [9.17, 15) is 13.2 Å². The maximum absolute atomic E-state index is 11.0. The van der Waals surface area contributed by atoms with E-state index in [-0.39, 0.29) is 16.0 Å². The van der Waals surface area contributed by atoms with Gasteiger partial charge in [0.25, 0.3) is 9.05 Å². The highest BCUT2D eigenvalue weighted by Crippen LogP contribution is 2.21. The van der Waals surface area contributed by atoms with Crippen molar-refractivity contribution < 1.29 is 13.2 Å². The van der Waals surface area contributed by atoms with E-state index >= 15 is 0 Å². The van der Waals surface area contributed by atoms with Crippen molar-refractivity contribution in [2.45, 2.75) is 11.8 Å². The van der Waals surface area contributed by atoms with Gasteiger partial charge in [-0.3, -0.25) is 4.79 Å². The molecule has 0 N–H and O–H groups in total. The lowest BCUT2D eigenvalue weighted by Crippen LogP contribution is -1.98. The van der Waals surface area contributed by atoms with Crippen LogP contribution in [0.5, 0.6) is 0 Å². The molecule has 0 atom stereocenters. The maximum Gasteiger partial charge on any atom is 0.261 e. The zero-order valence-electron chi connectivity index (χ0n) is 7.69. The number of rotatable bonds is 2. The summed E-state index contributed by atoms with van der Waals surface area (Å²) in [5.41, 5.74) is 0.592. The number of benzene rings is 1. The van der Waals surface area contributed by atoms with E-state index in [0.29, 0.717) is 11.8 Å². The fourth-order valence-electron chi connectivity index (χ4n) is 1.15. The zero-order chi connectivity index (χ0) is 11.6. The van der Waals surface area contributed by atoms with Gasteiger partial charge in [0, 0.05) is 16.2 Å². The largest absolute Gasteiger partial charge is 0.298 e. The molecule has 6 heteroatoms. The van der Waals surface area contributed by atoms with Crippen molar-refractivity contribution >= 4 is 26.0 Å². The number of aldehydes is 1. The van der Waals surface area contributed by atoms with Crippen LogP contribution in [0.1, 0.15) is 21.5 Å². The van der Waals surface area contributed by atoms with Crippen LogP contribution in [0.2, 0.25) is 0 Å². The molecule has 1 aromatic rings. The molecule has 0 radical (unpaired) electrons. The minimum atomic E-state index is -3.88. The first-order chi connectivity index (χ1) is 6.90. The highest BCUT2D eigenvalue weighted by molar-refractivity contribution is 8.13. The van der Waals surface area contributed by atoms with Crippen molar-refractivity contribution in [3.8, 4) is 6.07 Å². The molecule has 0 aliphatic heterocycles. The highest BCUT2D eigenvalue weighted by Gasteiger charge is 2.15. The van der Waals surface area contributed by atoms with Gasteiger partial charge in [-0.05, 0) is 24.6 Å². The van der Waals surface area contributed by atoms with Crippen molar-refractivity contribution in [3.05, 3.63) is 28.8 Å². The minimum absolute atomic E-state index is 0.00391. The maximum atomic E-state index is 11.0. The Balaban J connectivity index is 3.62. The number of carbonyl (C=O) groups is 1. The molecular weight excluding hydrogens is 238 g/mol. The van der Waals surface area contributed by atoms with Crippen LogP contribution < -0.4 is 0 Å². The fourth-order valence-corrected chi connectivity index (χ4v) is 2.00. The van der Waals surface area contributed by atoms with Gasteiger partial charge in [-0.15, -0.1) is 0 Å². The number of nitriles is 1. The monoisotopic (exact) mass is 243 g/mol. The predicted molar refractivity (Wildman–Crippen MR) is 54.3 cm³/mol. The molecule has 0 unspecified atom stereocenters. The number of aryl methyl sites for hydroxylation is 1. The quantitative estimate of drug-likeness (QED) is 0.584. The first kappa shape index (κ1) is 11.7. The summed E-state index contributed by atoms with van der Waals surface area (Å²) < 4.78 is 22.0. The van der Waals surface area contributed by atoms with Gasteiger partial charge >= 0.3 is 0 Å². The topological polar surface area (TPSA) is 75.0 Å². The van der Waals surface area contributed by atoms with E-state index < -0.39 is 9.05 Å². The van der Waals surface area contributed by atoms with Gasteiger partial charge in [0.05, 0.1) is 16.5 Å². The van der Waals surface area contributed by atoms with E-state index in [1.54, 1.807) is 6.07 Å². The Morgan fingerprint density at radius 3 is 2.47 bits per heavy atom. The third-order valence-electron chi connectivity index (χ3n) is 1.88. The molecule has 0 fully saturated rings. The molecule has 0 saturated carbocycles.